The van der Waals surface area contributed by atoms with E-state index in [1.54, 1.807) is 0 Å². The smallest absolute Gasteiger partial charge is 0.225 e. The number of amides is 1. The highest BCUT2D eigenvalue weighted by Gasteiger charge is 2.25. The van der Waals surface area contributed by atoms with Crippen LogP contribution < -0.4 is 0 Å². The molecule has 2 heterocycles. The fraction of sp³-hybridized carbons (Fsp3) is 0.917. The summed E-state index contributed by atoms with van der Waals surface area (Å²) >= 11 is 0. The Morgan fingerprint density at radius 1 is 1.31 bits per heavy atom. The van der Waals surface area contributed by atoms with E-state index in [1.165, 1.54) is 12.8 Å². The molecule has 2 aliphatic heterocycles. The minimum Gasteiger partial charge on any atom is -0.375 e. The minimum absolute atomic E-state index is 0.113. The minimum atomic E-state index is 0.113. The quantitative estimate of drug-likeness (QED) is 0.711. The summed E-state index contributed by atoms with van der Waals surface area (Å²) in [4.78, 5) is 16.3. The Labute approximate surface area is 97.5 Å². The van der Waals surface area contributed by atoms with Gasteiger partial charge in [-0.05, 0) is 19.4 Å². The highest BCUT2D eigenvalue weighted by atomic mass is 16.5. The molecule has 0 bridgehead atoms. The third-order valence-electron chi connectivity index (χ3n) is 3.53. The van der Waals surface area contributed by atoms with E-state index in [4.69, 9.17) is 4.74 Å². The van der Waals surface area contributed by atoms with Crippen LogP contribution in [0.15, 0.2) is 0 Å². The molecule has 2 aliphatic rings. The van der Waals surface area contributed by atoms with E-state index in [1.807, 2.05) is 4.90 Å². The molecule has 0 aromatic heterocycles. The number of morpholine rings is 1. The van der Waals surface area contributed by atoms with Gasteiger partial charge in [0.2, 0.25) is 5.91 Å². The summed E-state index contributed by atoms with van der Waals surface area (Å²) in [5.74, 6) is 0.278. The van der Waals surface area contributed by atoms with Crippen molar-refractivity contribution < 1.29 is 9.53 Å². The summed E-state index contributed by atoms with van der Waals surface area (Å²) in [7, 11) is 0. The molecular weight excluding hydrogens is 204 g/mol. The molecule has 92 valence electrons. The molecule has 1 unspecified atom stereocenters. The predicted octanol–water partition coefficient (Wildman–Crippen LogP) is 0.720. The van der Waals surface area contributed by atoms with Crippen LogP contribution in [0.5, 0.6) is 0 Å². The van der Waals surface area contributed by atoms with Crippen LogP contribution in [0, 0.1) is 0 Å². The molecule has 0 aliphatic carbocycles. The van der Waals surface area contributed by atoms with Crippen molar-refractivity contribution in [2.24, 2.45) is 0 Å². The first-order chi connectivity index (χ1) is 7.79. The lowest BCUT2D eigenvalue weighted by molar-refractivity contribution is -0.135. The van der Waals surface area contributed by atoms with Crippen LogP contribution in [-0.4, -0.2) is 61.1 Å². The van der Waals surface area contributed by atoms with Gasteiger partial charge in [-0.3, -0.25) is 9.69 Å². The second kappa shape index (κ2) is 5.64. The maximum Gasteiger partial charge on any atom is 0.225 e. The number of hydrogen-bond acceptors (Lipinski definition) is 3. The van der Waals surface area contributed by atoms with E-state index in [0.29, 0.717) is 6.42 Å². The normalized spacial score (nSPS) is 27.3. The van der Waals surface area contributed by atoms with E-state index in [9.17, 15) is 4.79 Å². The number of nitrogens with zero attached hydrogens (tertiary/aromatic N) is 2. The zero-order chi connectivity index (χ0) is 11.4. The molecule has 4 heteroatoms. The third kappa shape index (κ3) is 2.95. The first-order valence-electron chi connectivity index (χ1n) is 6.41. The van der Waals surface area contributed by atoms with Crippen LogP contribution in [-0.2, 0) is 9.53 Å². The molecule has 4 nitrogen and oxygen atoms in total. The van der Waals surface area contributed by atoms with Crippen LogP contribution in [0.1, 0.15) is 26.2 Å². The van der Waals surface area contributed by atoms with Gasteiger partial charge in [-0.2, -0.15) is 0 Å². The Kier molecular flexibility index (Phi) is 4.18. The second-order valence-corrected chi connectivity index (χ2v) is 4.68. The van der Waals surface area contributed by atoms with Gasteiger partial charge in [0, 0.05) is 26.2 Å². The Hall–Kier alpha value is -0.610. The Morgan fingerprint density at radius 3 is 2.75 bits per heavy atom. The number of rotatable bonds is 3. The number of hydrogen-bond donors (Lipinski definition) is 0. The van der Waals surface area contributed by atoms with Gasteiger partial charge in [0.1, 0.15) is 0 Å². The summed E-state index contributed by atoms with van der Waals surface area (Å²) in [6.07, 6.45) is 3.01. The van der Waals surface area contributed by atoms with Crippen LogP contribution in [0.25, 0.3) is 0 Å². The van der Waals surface area contributed by atoms with Crippen molar-refractivity contribution in [3.63, 3.8) is 0 Å². The highest BCUT2D eigenvalue weighted by molar-refractivity contribution is 5.77. The van der Waals surface area contributed by atoms with Gasteiger partial charge < -0.3 is 9.64 Å². The molecule has 2 saturated heterocycles. The lowest BCUT2D eigenvalue weighted by atomic mass is 10.2. The molecule has 0 aromatic rings. The van der Waals surface area contributed by atoms with Gasteiger partial charge in [-0.25, -0.2) is 0 Å². The molecule has 0 spiro atoms. The summed E-state index contributed by atoms with van der Waals surface area (Å²) in [6, 6.07) is 0. The van der Waals surface area contributed by atoms with Crippen LogP contribution >= 0.6 is 0 Å². The van der Waals surface area contributed by atoms with Gasteiger partial charge in [0.25, 0.3) is 0 Å². The molecular formula is C12H22N2O2. The molecule has 2 fully saturated rings. The molecule has 0 aromatic carbocycles. The van der Waals surface area contributed by atoms with E-state index in [-0.39, 0.29) is 12.0 Å². The summed E-state index contributed by atoms with van der Waals surface area (Å²) in [6.45, 7) is 7.79. The summed E-state index contributed by atoms with van der Waals surface area (Å²) in [5.41, 5.74) is 0. The van der Waals surface area contributed by atoms with E-state index in [0.717, 1.165) is 39.3 Å². The van der Waals surface area contributed by atoms with Crippen molar-refractivity contribution >= 4 is 5.91 Å². The lowest BCUT2D eigenvalue weighted by Gasteiger charge is -2.32. The molecule has 1 atom stereocenters. The lowest BCUT2D eigenvalue weighted by Crippen LogP contribution is -2.44. The number of likely N-dealkylation sites (N-methyl/N-ethyl adjacent to an activating group) is 1. The van der Waals surface area contributed by atoms with E-state index < -0.39 is 0 Å². The fourth-order valence-electron chi connectivity index (χ4n) is 2.48. The number of likely N-dealkylation sites (tertiary alicyclic amines) is 1. The van der Waals surface area contributed by atoms with Crippen molar-refractivity contribution in [1.82, 2.24) is 9.80 Å². The molecule has 16 heavy (non-hydrogen) atoms. The van der Waals surface area contributed by atoms with Crippen molar-refractivity contribution in [2.75, 3.05) is 39.3 Å². The van der Waals surface area contributed by atoms with Crippen LogP contribution in [0.3, 0.4) is 0 Å². The standard InChI is InChI=1S/C12H22N2O2/c1-2-13-7-8-16-11(10-13)9-12(15)14-5-3-4-6-14/h11H,2-10H2,1H3. The predicted molar refractivity (Wildman–Crippen MR) is 62.3 cm³/mol. The van der Waals surface area contributed by atoms with Gasteiger partial charge in [-0.1, -0.05) is 6.92 Å². The van der Waals surface area contributed by atoms with Crippen LogP contribution in [0.4, 0.5) is 0 Å². The topological polar surface area (TPSA) is 32.8 Å². The highest BCUT2D eigenvalue weighted by Crippen LogP contribution is 2.13. The average molecular weight is 226 g/mol. The monoisotopic (exact) mass is 226 g/mol. The Morgan fingerprint density at radius 2 is 2.06 bits per heavy atom. The molecule has 0 N–H and O–H groups in total. The third-order valence-corrected chi connectivity index (χ3v) is 3.53. The molecule has 0 saturated carbocycles. The zero-order valence-electron chi connectivity index (χ0n) is 10.2. The fourth-order valence-corrected chi connectivity index (χ4v) is 2.48. The summed E-state index contributed by atoms with van der Waals surface area (Å²) < 4.78 is 5.65. The Balaban J connectivity index is 1.77. The van der Waals surface area contributed by atoms with Crippen molar-refractivity contribution in [3.8, 4) is 0 Å². The van der Waals surface area contributed by atoms with Crippen molar-refractivity contribution in [2.45, 2.75) is 32.3 Å². The van der Waals surface area contributed by atoms with Crippen molar-refractivity contribution in [1.29, 1.82) is 0 Å². The summed E-state index contributed by atoms with van der Waals surface area (Å²) in [5, 5.41) is 0. The molecule has 2 rings (SSSR count). The average Bonchev–Trinajstić information content (AvgIpc) is 2.83. The van der Waals surface area contributed by atoms with Crippen LogP contribution in [0.2, 0.25) is 0 Å². The van der Waals surface area contributed by atoms with E-state index in [2.05, 4.69) is 11.8 Å². The number of carbonyl (C=O) groups is 1. The maximum absolute atomic E-state index is 11.9. The first kappa shape index (κ1) is 11.9. The van der Waals surface area contributed by atoms with E-state index >= 15 is 0 Å². The van der Waals surface area contributed by atoms with Gasteiger partial charge >= 0.3 is 0 Å². The number of ether oxygens (including phenoxy) is 1. The van der Waals surface area contributed by atoms with Crippen molar-refractivity contribution in [3.05, 3.63) is 0 Å². The maximum atomic E-state index is 11.9. The zero-order valence-corrected chi connectivity index (χ0v) is 10.2. The molecule has 1 amide bonds. The first-order valence-corrected chi connectivity index (χ1v) is 6.41. The second-order valence-electron chi connectivity index (χ2n) is 4.68. The van der Waals surface area contributed by atoms with Gasteiger partial charge in [0.05, 0.1) is 19.1 Å². The number of carbonyl (C=O) groups excluding carboxylic acids is 1. The van der Waals surface area contributed by atoms with Gasteiger partial charge in [-0.15, -0.1) is 0 Å². The Bertz CT molecular complexity index is 239. The SMILES string of the molecule is CCN1CCOC(CC(=O)N2CCCC2)C1. The van der Waals surface area contributed by atoms with Gasteiger partial charge in [0.15, 0.2) is 0 Å². The molecule has 0 radical (unpaired) electrons. The largest absolute Gasteiger partial charge is 0.375 e.